The van der Waals surface area contributed by atoms with Crippen molar-refractivity contribution in [1.82, 2.24) is 5.06 Å². The maximum Gasteiger partial charge on any atom is 0.112 e. The Morgan fingerprint density at radius 2 is 2.67 bits per heavy atom. The minimum atomic E-state index is 0.950. The second-order valence-corrected chi connectivity index (χ2v) is 2.90. The van der Waals surface area contributed by atoms with Crippen LogP contribution in [0.4, 0.5) is 0 Å². The Balaban J connectivity index is 2.27. The number of hydroxylamine groups is 2. The molecule has 1 aliphatic heterocycles. The summed E-state index contributed by atoms with van der Waals surface area (Å²) in [7, 11) is 1.93. The number of hydrogen-bond acceptors (Lipinski definition) is 2. The first-order valence-electron chi connectivity index (χ1n) is 2.94. The van der Waals surface area contributed by atoms with Crippen molar-refractivity contribution in [2.45, 2.75) is 6.42 Å². The van der Waals surface area contributed by atoms with Gasteiger partial charge in [0.1, 0.15) is 6.26 Å². The minimum Gasteiger partial charge on any atom is -0.414 e. The predicted molar refractivity (Wildman–Crippen MR) is 40.2 cm³/mol. The predicted octanol–water partition coefficient (Wildman–Crippen LogP) is 1.53. The molecule has 0 saturated carbocycles. The molecule has 0 aromatic carbocycles. The Labute approximate surface area is 63.6 Å². The molecule has 0 spiro atoms. The van der Waals surface area contributed by atoms with Gasteiger partial charge in [0.05, 0.1) is 6.54 Å². The van der Waals surface area contributed by atoms with Crippen molar-refractivity contribution in [3.63, 3.8) is 0 Å². The summed E-state index contributed by atoms with van der Waals surface area (Å²) in [4.78, 5) is 5.07. The fourth-order valence-electron chi connectivity index (χ4n) is 0.784. The van der Waals surface area contributed by atoms with E-state index in [-0.39, 0.29) is 0 Å². The van der Waals surface area contributed by atoms with Gasteiger partial charge in [0.25, 0.3) is 0 Å². The van der Waals surface area contributed by atoms with Crippen LogP contribution in [0.25, 0.3) is 0 Å². The molecule has 0 N–H and O–H groups in total. The molecule has 1 aliphatic rings. The molecule has 0 unspecified atom stereocenters. The average molecular weight is 192 g/mol. The number of likely N-dealkylation sites (N-methyl/N-ethyl adjacent to an activating group) is 1. The molecular formula is C6H10BrNO. The Hall–Kier alpha value is -0.0200. The standard InChI is InChI=1S/C6H10BrNO/c1-8-4-6(2-3-7)5-9-8/h5H,2-4H2,1H3. The van der Waals surface area contributed by atoms with Crippen molar-refractivity contribution in [2.24, 2.45) is 0 Å². The van der Waals surface area contributed by atoms with Gasteiger partial charge in [-0.1, -0.05) is 15.9 Å². The van der Waals surface area contributed by atoms with Crippen LogP contribution in [0.2, 0.25) is 0 Å². The van der Waals surface area contributed by atoms with Crippen molar-refractivity contribution in [2.75, 3.05) is 18.9 Å². The monoisotopic (exact) mass is 191 g/mol. The van der Waals surface area contributed by atoms with E-state index in [2.05, 4.69) is 15.9 Å². The second kappa shape index (κ2) is 3.22. The maximum absolute atomic E-state index is 5.07. The van der Waals surface area contributed by atoms with E-state index in [9.17, 15) is 0 Å². The zero-order valence-corrected chi connectivity index (χ0v) is 7.02. The lowest BCUT2D eigenvalue weighted by Gasteiger charge is -2.04. The van der Waals surface area contributed by atoms with E-state index < -0.39 is 0 Å². The molecule has 9 heavy (non-hydrogen) atoms. The van der Waals surface area contributed by atoms with Crippen molar-refractivity contribution < 1.29 is 4.84 Å². The lowest BCUT2D eigenvalue weighted by Crippen LogP contribution is -2.11. The van der Waals surface area contributed by atoms with Crippen LogP contribution in [0.3, 0.4) is 0 Å². The van der Waals surface area contributed by atoms with Crippen molar-refractivity contribution >= 4 is 15.9 Å². The summed E-state index contributed by atoms with van der Waals surface area (Å²) < 4.78 is 0. The van der Waals surface area contributed by atoms with Crippen LogP contribution in [-0.2, 0) is 4.84 Å². The van der Waals surface area contributed by atoms with Gasteiger partial charge in [0, 0.05) is 12.4 Å². The normalized spacial score (nSPS) is 19.6. The largest absolute Gasteiger partial charge is 0.414 e. The van der Waals surface area contributed by atoms with Gasteiger partial charge in [0.2, 0.25) is 0 Å². The Morgan fingerprint density at radius 3 is 3.11 bits per heavy atom. The summed E-state index contributed by atoms with van der Waals surface area (Å²) in [6, 6.07) is 0. The average Bonchev–Trinajstić information content (AvgIpc) is 2.17. The minimum absolute atomic E-state index is 0.950. The number of hydrogen-bond donors (Lipinski definition) is 0. The molecule has 0 atom stereocenters. The molecule has 1 heterocycles. The highest BCUT2D eigenvalue weighted by molar-refractivity contribution is 9.09. The third-order valence-corrected chi connectivity index (χ3v) is 1.64. The summed E-state index contributed by atoms with van der Waals surface area (Å²) in [6.07, 6.45) is 2.91. The van der Waals surface area contributed by atoms with E-state index in [1.165, 1.54) is 5.57 Å². The highest BCUT2D eigenvalue weighted by Gasteiger charge is 2.09. The fraction of sp³-hybridized carbons (Fsp3) is 0.667. The number of halogens is 1. The maximum atomic E-state index is 5.07. The highest BCUT2D eigenvalue weighted by atomic mass is 79.9. The van der Waals surface area contributed by atoms with Gasteiger partial charge >= 0.3 is 0 Å². The number of nitrogens with zero attached hydrogens (tertiary/aromatic N) is 1. The molecule has 0 bridgehead atoms. The smallest absolute Gasteiger partial charge is 0.112 e. The highest BCUT2D eigenvalue weighted by Crippen LogP contribution is 2.12. The van der Waals surface area contributed by atoms with Gasteiger partial charge in [0.15, 0.2) is 0 Å². The number of rotatable bonds is 2. The molecule has 0 aliphatic carbocycles. The van der Waals surface area contributed by atoms with Gasteiger partial charge < -0.3 is 4.84 Å². The molecule has 1 rings (SSSR count). The van der Waals surface area contributed by atoms with Crippen molar-refractivity contribution in [3.05, 3.63) is 11.8 Å². The molecule has 0 fully saturated rings. The number of alkyl halides is 1. The molecule has 0 saturated heterocycles. The van der Waals surface area contributed by atoms with Gasteiger partial charge in [-0.05, 0) is 12.0 Å². The molecule has 0 aromatic heterocycles. The van der Waals surface area contributed by atoms with Gasteiger partial charge in [-0.2, -0.15) is 0 Å². The van der Waals surface area contributed by atoms with E-state index in [1.54, 1.807) is 0 Å². The van der Waals surface area contributed by atoms with Crippen LogP contribution in [0.5, 0.6) is 0 Å². The Bertz CT molecular complexity index is 124. The summed E-state index contributed by atoms with van der Waals surface area (Å²) in [6.45, 7) is 0.950. The van der Waals surface area contributed by atoms with E-state index in [0.29, 0.717) is 0 Å². The van der Waals surface area contributed by atoms with Crippen LogP contribution in [0, 0.1) is 0 Å². The molecule has 52 valence electrons. The molecule has 3 heteroatoms. The molecular weight excluding hydrogens is 182 g/mol. The first kappa shape index (κ1) is 7.09. The van der Waals surface area contributed by atoms with Crippen molar-refractivity contribution in [3.8, 4) is 0 Å². The van der Waals surface area contributed by atoms with E-state index in [4.69, 9.17) is 4.84 Å². The summed E-state index contributed by atoms with van der Waals surface area (Å²) in [5, 5.41) is 2.84. The fourth-order valence-corrected chi connectivity index (χ4v) is 1.29. The summed E-state index contributed by atoms with van der Waals surface area (Å²) >= 11 is 3.36. The van der Waals surface area contributed by atoms with Gasteiger partial charge in [-0.3, -0.25) is 0 Å². The lowest BCUT2D eigenvalue weighted by atomic mass is 10.2. The molecule has 0 amide bonds. The molecule has 0 radical (unpaired) electrons. The van der Waals surface area contributed by atoms with Crippen LogP contribution < -0.4 is 0 Å². The van der Waals surface area contributed by atoms with Crippen LogP contribution in [-0.4, -0.2) is 24.0 Å². The second-order valence-electron chi connectivity index (χ2n) is 2.11. The topological polar surface area (TPSA) is 12.5 Å². The summed E-state index contributed by atoms with van der Waals surface area (Å²) in [5.41, 5.74) is 1.36. The van der Waals surface area contributed by atoms with E-state index in [1.807, 2.05) is 18.4 Å². The quantitative estimate of drug-likeness (QED) is 0.615. The zero-order valence-electron chi connectivity index (χ0n) is 5.43. The van der Waals surface area contributed by atoms with Crippen LogP contribution in [0.1, 0.15) is 6.42 Å². The lowest BCUT2D eigenvalue weighted by molar-refractivity contribution is -0.0496. The third-order valence-electron chi connectivity index (χ3n) is 1.24. The van der Waals surface area contributed by atoms with Gasteiger partial charge in [-0.15, -0.1) is 5.06 Å². The first-order chi connectivity index (χ1) is 4.33. The summed E-state index contributed by atoms with van der Waals surface area (Å²) in [5.74, 6) is 0. The van der Waals surface area contributed by atoms with E-state index >= 15 is 0 Å². The SMILES string of the molecule is CN1CC(CCBr)=CO1. The molecule has 2 nitrogen and oxygen atoms in total. The Morgan fingerprint density at radius 1 is 1.89 bits per heavy atom. The Kier molecular flexibility index (Phi) is 2.54. The first-order valence-corrected chi connectivity index (χ1v) is 4.07. The van der Waals surface area contributed by atoms with E-state index in [0.717, 1.165) is 18.3 Å². The van der Waals surface area contributed by atoms with Crippen LogP contribution >= 0.6 is 15.9 Å². The van der Waals surface area contributed by atoms with Crippen molar-refractivity contribution in [1.29, 1.82) is 0 Å². The zero-order chi connectivity index (χ0) is 6.69. The third kappa shape index (κ3) is 1.99. The molecule has 0 aromatic rings. The van der Waals surface area contributed by atoms with Gasteiger partial charge in [-0.25, -0.2) is 0 Å². The van der Waals surface area contributed by atoms with Crippen LogP contribution in [0.15, 0.2) is 11.8 Å².